The first-order chi connectivity index (χ1) is 8.66. The molecule has 0 amide bonds. The van der Waals surface area contributed by atoms with Crippen molar-refractivity contribution < 1.29 is 5.11 Å². The fourth-order valence-corrected chi connectivity index (χ4v) is 2.59. The van der Waals surface area contributed by atoms with Gasteiger partial charge in [0.25, 0.3) is 0 Å². The van der Waals surface area contributed by atoms with Crippen LogP contribution >= 0.6 is 0 Å². The molecule has 0 radical (unpaired) electrons. The summed E-state index contributed by atoms with van der Waals surface area (Å²) in [5, 5.41) is 12.7. The third-order valence-corrected chi connectivity index (χ3v) is 4.09. The number of phenolic OH excluding ortho intramolecular Hbond substituents is 1. The SMILES string of the molecule is CC(CCc1ccc(O)cc1)N(C)C1CCNC1. The van der Waals surface area contributed by atoms with E-state index in [1.807, 2.05) is 12.1 Å². The van der Waals surface area contributed by atoms with E-state index < -0.39 is 0 Å². The Hall–Kier alpha value is -1.06. The third kappa shape index (κ3) is 3.47. The van der Waals surface area contributed by atoms with Crippen molar-refractivity contribution in [1.29, 1.82) is 0 Å². The van der Waals surface area contributed by atoms with Crippen LogP contribution < -0.4 is 5.32 Å². The zero-order chi connectivity index (χ0) is 13.0. The molecule has 0 saturated carbocycles. The number of rotatable bonds is 5. The van der Waals surface area contributed by atoms with Gasteiger partial charge in [0.15, 0.2) is 0 Å². The van der Waals surface area contributed by atoms with Crippen molar-refractivity contribution in [2.75, 3.05) is 20.1 Å². The van der Waals surface area contributed by atoms with E-state index in [0.29, 0.717) is 17.8 Å². The van der Waals surface area contributed by atoms with Gasteiger partial charge in [-0.15, -0.1) is 0 Å². The lowest BCUT2D eigenvalue weighted by Crippen LogP contribution is -2.40. The molecule has 0 aromatic heterocycles. The largest absolute Gasteiger partial charge is 0.508 e. The second-order valence-electron chi connectivity index (χ2n) is 5.37. The average molecular weight is 248 g/mol. The Morgan fingerprint density at radius 2 is 2.11 bits per heavy atom. The molecule has 1 aromatic carbocycles. The molecule has 1 aromatic rings. The molecular formula is C15H24N2O. The monoisotopic (exact) mass is 248 g/mol. The van der Waals surface area contributed by atoms with Crippen molar-refractivity contribution in [2.45, 2.75) is 38.3 Å². The first kappa shape index (κ1) is 13.4. The summed E-state index contributed by atoms with van der Waals surface area (Å²) in [7, 11) is 2.24. The lowest BCUT2D eigenvalue weighted by atomic mass is 10.0. The topological polar surface area (TPSA) is 35.5 Å². The van der Waals surface area contributed by atoms with Crippen LogP contribution in [0, 0.1) is 0 Å². The van der Waals surface area contributed by atoms with E-state index in [2.05, 4.69) is 24.2 Å². The van der Waals surface area contributed by atoms with Crippen LogP contribution in [0.25, 0.3) is 0 Å². The van der Waals surface area contributed by atoms with Crippen LogP contribution in [0.15, 0.2) is 24.3 Å². The van der Waals surface area contributed by atoms with E-state index >= 15 is 0 Å². The van der Waals surface area contributed by atoms with Crippen molar-refractivity contribution in [3.8, 4) is 5.75 Å². The molecule has 2 N–H and O–H groups in total. The van der Waals surface area contributed by atoms with Gasteiger partial charge in [0, 0.05) is 18.6 Å². The third-order valence-electron chi connectivity index (χ3n) is 4.09. The van der Waals surface area contributed by atoms with Crippen LogP contribution in [0.3, 0.4) is 0 Å². The Morgan fingerprint density at radius 3 is 2.72 bits per heavy atom. The van der Waals surface area contributed by atoms with Crippen molar-refractivity contribution in [2.24, 2.45) is 0 Å². The normalized spacial score (nSPS) is 21.4. The fraction of sp³-hybridized carbons (Fsp3) is 0.600. The summed E-state index contributed by atoms with van der Waals surface area (Å²) in [4.78, 5) is 2.50. The number of nitrogens with zero attached hydrogens (tertiary/aromatic N) is 1. The number of hydrogen-bond acceptors (Lipinski definition) is 3. The minimum absolute atomic E-state index is 0.348. The van der Waals surface area contributed by atoms with Crippen LogP contribution in [0.5, 0.6) is 5.75 Å². The number of hydrogen-bond donors (Lipinski definition) is 2. The second-order valence-corrected chi connectivity index (χ2v) is 5.37. The molecule has 100 valence electrons. The first-order valence-electron chi connectivity index (χ1n) is 6.87. The van der Waals surface area contributed by atoms with E-state index in [1.54, 1.807) is 12.1 Å². The van der Waals surface area contributed by atoms with Gasteiger partial charge in [0.05, 0.1) is 0 Å². The van der Waals surface area contributed by atoms with Gasteiger partial charge < -0.3 is 10.4 Å². The molecular weight excluding hydrogens is 224 g/mol. The van der Waals surface area contributed by atoms with Gasteiger partial charge in [0.1, 0.15) is 5.75 Å². The van der Waals surface area contributed by atoms with Crippen LogP contribution in [0.4, 0.5) is 0 Å². The smallest absolute Gasteiger partial charge is 0.115 e. The number of benzene rings is 1. The highest BCUT2D eigenvalue weighted by atomic mass is 16.3. The van der Waals surface area contributed by atoms with Crippen LogP contribution in [-0.4, -0.2) is 42.2 Å². The van der Waals surface area contributed by atoms with E-state index in [4.69, 9.17) is 0 Å². The lowest BCUT2D eigenvalue weighted by molar-refractivity contribution is 0.187. The summed E-state index contributed by atoms with van der Waals surface area (Å²) in [6.45, 7) is 4.58. The summed E-state index contributed by atoms with van der Waals surface area (Å²) in [6.07, 6.45) is 3.50. The molecule has 1 fully saturated rings. The molecule has 2 rings (SSSR count). The minimum Gasteiger partial charge on any atom is -0.508 e. The Balaban J connectivity index is 1.80. The highest BCUT2D eigenvalue weighted by Gasteiger charge is 2.22. The molecule has 1 aliphatic heterocycles. The van der Waals surface area contributed by atoms with Crippen molar-refractivity contribution >= 4 is 0 Å². The van der Waals surface area contributed by atoms with Crippen molar-refractivity contribution in [3.63, 3.8) is 0 Å². The Morgan fingerprint density at radius 1 is 1.39 bits per heavy atom. The molecule has 3 nitrogen and oxygen atoms in total. The molecule has 0 aliphatic carbocycles. The molecule has 0 bridgehead atoms. The molecule has 2 atom stereocenters. The van der Waals surface area contributed by atoms with Gasteiger partial charge in [-0.25, -0.2) is 0 Å². The maximum absolute atomic E-state index is 9.25. The fourth-order valence-electron chi connectivity index (χ4n) is 2.59. The van der Waals surface area contributed by atoms with Gasteiger partial charge in [-0.1, -0.05) is 12.1 Å². The highest BCUT2D eigenvalue weighted by molar-refractivity contribution is 5.25. The van der Waals surface area contributed by atoms with Gasteiger partial charge in [-0.2, -0.15) is 0 Å². The number of aromatic hydroxyl groups is 1. The number of nitrogens with one attached hydrogen (secondary N) is 1. The second kappa shape index (κ2) is 6.21. The van der Waals surface area contributed by atoms with E-state index in [-0.39, 0.29) is 0 Å². The van der Waals surface area contributed by atoms with Gasteiger partial charge >= 0.3 is 0 Å². The predicted octanol–water partition coefficient (Wildman–Crippen LogP) is 2.01. The zero-order valence-electron chi connectivity index (χ0n) is 11.4. The Kier molecular flexibility index (Phi) is 4.61. The van der Waals surface area contributed by atoms with E-state index in [1.165, 1.54) is 12.0 Å². The minimum atomic E-state index is 0.348. The summed E-state index contributed by atoms with van der Waals surface area (Å²) >= 11 is 0. The van der Waals surface area contributed by atoms with Crippen LogP contribution in [0.1, 0.15) is 25.3 Å². The van der Waals surface area contributed by atoms with Crippen LogP contribution in [0.2, 0.25) is 0 Å². The summed E-state index contributed by atoms with van der Waals surface area (Å²) < 4.78 is 0. The van der Waals surface area contributed by atoms with Crippen molar-refractivity contribution in [1.82, 2.24) is 10.2 Å². The molecule has 0 spiro atoms. The molecule has 18 heavy (non-hydrogen) atoms. The molecule has 2 unspecified atom stereocenters. The van der Waals surface area contributed by atoms with Gasteiger partial charge in [0.2, 0.25) is 0 Å². The van der Waals surface area contributed by atoms with E-state index in [9.17, 15) is 5.11 Å². The van der Waals surface area contributed by atoms with Crippen LogP contribution in [-0.2, 0) is 6.42 Å². The maximum atomic E-state index is 9.25. The first-order valence-corrected chi connectivity index (χ1v) is 6.87. The number of phenols is 1. The van der Waals surface area contributed by atoms with Gasteiger partial charge in [-0.3, -0.25) is 4.90 Å². The maximum Gasteiger partial charge on any atom is 0.115 e. The molecule has 3 heteroatoms. The predicted molar refractivity (Wildman–Crippen MR) is 74.9 cm³/mol. The summed E-state index contributed by atoms with van der Waals surface area (Å²) in [6, 6.07) is 8.86. The standard InChI is InChI=1S/C15H24N2O/c1-12(17(2)14-9-10-16-11-14)3-4-13-5-7-15(18)8-6-13/h5-8,12,14,16,18H,3-4,9-11H2,1-2H3. The summed E-state index contributed by atoms with van der Waals surface area (Å²) in [5.41, 5.74) is 1.30. The molecule has 1 heterocycles. The lowest BCUT2D eigenvalue weighted by Gasteiger charge is -2.30. The number of likely N-dealkylation sites (N-methyl/N-ethyl adjacent to an activating group) is 1. The summed E-state index contributed by atoms with van der Waals surface area (Å²) in [5.74, 6) is 0.348. The van der Waals surface area contributed by atoms with E-state index in [0.717, 1.165) is 25.9 Å². The Bertz CT molecular complexity index is 357. The van der Waals surface area contributed by atoms with Crippen molar-refractivity contribution in [3.05, 3.63) is 29.8 Å². The molecule has 1 aliphatic rings. The Labute approximate surface area is 110 Å². The highest BCUT2D eigenvalue weighted by Crippen LogP contribution is 2.16. The number of aryl methyl sites for hydroxylation is 1. The van der Waals surface area contributed by atoms with Gasteiger partial charge in [-0.05, 0) is 57.5 Å². The zero-order valence-corrected chi connectivity index (χ0v) is 11.4. The quantitative estimate of drug-likeness (QED) is 0.836. The average Bonchev–Trinajstić information content (AvgIpc) is 2.90. The molecule has 1 saturated heterocycles.